The van der Waals surface area contributed by atoms with Crippen molar-refractivity contribution < 1.29 is 4.79 Å². The Morgan fingerprint density at radius 2 is 1.91 bits per heavy atom. The highest BCUT2D eigenvalue weighted by molar-refractivity contribution is 5.78. The predicted molar refractivity (Wildman–Crippen MR) is 96.6 cm³/mol. The molecular weight excluding hydrogens is 284 g/mol. The summed E-state index contributed by atoms with van der Waals surface area (Å²) < 4.78 is 0. The van der Waals surface area contributed by atoms with Gasteiger partial charge in [0, 0.05) is 19.6 Å². The van der Waals surface area contributed by atoms with Gasteiger partial charge in [-0.2, -0.15) is 0 Å². The standard InChI is InChI=1S/C20H32N2O/c1-15-6-7-18(4)19(11-15)12-20(23)21-8-5-9-22-13-16(2)10-17(3)14-22/h6-7,11,16-17H,5,8-10,12-14H2,1-4H3,(H,21,23)/t16-,17-/m1/s1. The van der Waals surface area contributed by atoms with Gasteiger partial charge in [-0.05, 0) is 56.2 Å². The first-order valence-electron chi connectivity index (χ1n) is 8.99. The third-order valence-electron chi connectivity index (χ3n) is 4.77. The Hall–Kier alpha value is -1.35. The van der Waals surface area contributed by atoms with E-state index < -0.39 is 0 Å². The van der Waals surface area contributed by atoms with Crippen molar-refractivity contribution in [1.29, 1.82) is 0 Å². The zero-order chi connectivity index (χ0) is 16.8. The molecule has 0 saturated carbocycles. The van der Waals surface area contributed by atoms with E-state index in [1.54, 1.807) is 0 Å². The molecule has 3 nitrogen and oxygen atoms in total. The molecule has 1 aliphatic rings. The van der Waals surface area contributed by atoms with Gasteiger partial charge in [0.2, 0.25) is 5.91 Å². The maximum absolute atomic E-state index is 12.1. The van der Waals surface area contributed by atoms with Crippen LogP contribution in [-0.2, 0) is 11.2 Å². The van der Waals surface area contributed by atoms with E-state index in [0.717, 1.165) is 36.9 Å². The third-order valence-corrected chi connectivity index (χ3v) is 4.77. The molecule has 1 fully saturated rings. The highest BCUT2D eigenvalue weighted by Crippen LogP contribution is 2.20. The molecule has 1 saturated heterocycles. The van der Waals surface area contributed by atoms with E-state index in [-0.39, 0.29) is 5.91 Å². The second kappa shape index (κ2) is 8.49. The Bertz CT molecular complexity index is 516. The van der Waals surface area contributed by atoms with Gasteiger partial charge in [-0.1, -0.05) is 37.6 Å². The lowest BCUT2D eigenvalue weighted by molar-refractivity contribution is -0.120. The highest BCUT2D eigenvalue weighted by Gasteiger charge is 2.21. The minimum atomic E-state index is 0.138. The summed E-state index contributed by atoms with van der Waals surface area (Å²) in [5, 5.41) is 3.07. The Labute approximate surface area is 141 Å². The van der Waals surface area contributed by atoms with E-state index in [0.29, 0.717) is 6.42 Å². The van der Waals surface area contributed by atoms with E-state index in [1.807, 2.05) is 0 Å². The summed E-state index contributed by atoms with van der Waals surface area (Å²) in [6, 6.07) is 6.30. The zero-order valence-electron chi connectivity index (χ0n) is 15.2. The van der Waals surface area contributed by atoms with Crippen LogP contribution < -0.4 is 5.32 Å². The first kappa shape index (κ1) is 18.0. The van der Waals surface area contributed by atoms with Gasteiger partial charge in [-0.3, -0.25) is 4.79 Å². The van der Waals surface area contributed by atoms with Crippen molar-refractivity contribution in [2.24, 2.45) is 11.8 Å². The van der Waals surface area contributed by atoms with Crippen molar-refractivity contribution in [2.45, 2.75) is 47.0 Å². The van der Waals surface area contributed by atoms with Gasteiger partial charge in [0.15, 0.2) is 0 Å². The van der Waals surface area contributed by atoms with Crippen LogP contribution in [-0.4, -0.2) is 37.0 Å². The second-order valence-electron chi connectivity index (χ2n) is 7.52. The molecule has 1 amide bonds. The average molecular weight is 316 g/mol. The predicted octanol–water partition coefficient (Wildman–Crippen LogP) is 3.33. The van der Waals surface area contributed by atoms with Gasteiger partial charge < -0.3 is 10.2 Å². The lowest BCUT2D eigenvalue weighted by Crippen LogP contribution is -2.40. The number of rotatable bonds is 6. The van der Waals surface area contributed by atoms with Gasteiger partial charge in [-0.25, -0.2) is 0 Å². The van der Waals surface area contributed by atoms with Crippen LogP contribution in [0.15, 0.2) is 18.2 Å². The van der Waals surface area contributed by atoms with Crippen LogP contribution in [0.5, 0.6) is 0 Å². The topological polar surface area (TPSA) is 32.3 Å². The lowest BCUT2D eigenvalue weighted by Gasteiger charge is -2.34. The number of carbonyl (C=O) groups excluding carboxylic acids is 1. The molecule has 1 heterocycles. The molecular formula is C20H32N2O. The maximum Gasteiger partial charge on any atom is 0.224 e. The van der Waals surface area contributed by atoms with E-state index >= 15 is 0 Å². The van der Waals surface area contributed by atoms with E-state index in [1.165, 1.54) is 30.6 Å². The number of benzene rings is 1. The monoisotopic (exact) mass is 316 g/mol. The molecule has 1 N–H and O–H groups in total. The fraction of sp³-hybridized carbons (Fsp3) is 0.650. The Morgan fingerprint density at radius 1 is 1.22 bits per heavy atom. The first-order chi connectivity index (χ1) is 10.9. The van der Waals surface area contributed by atoms with Crippen molar-refractivity contribution in [2.75, 3.05) is 26.2 Å². The van der Waals surface area contributed by atoms with Gasteiger partial charge in [0.05, 0.1) is 6.42 Å². The molecule has 0 bridgehead atoms. The van der Waals surface area contributed by atoms with E-state index in [2.05, 4.69) is 56.1 Å². The number of hydrogen-bond acceptors (Lipinski definition) is 2. The fourth-order valence-electron chi connectivity index (χ4n) is 3.73. The number of piperidine rings is 1. The lowest BCUT2D eigenvalue weighted by atomic mass is 9.92. The van der Waals surface area contributed by atoms with Crippen LogP contribution in [0.3, 0.4) is 0 Å². The van der Waals surface area contributed by atoms with Crippen molar-refractivity contribution in [1.82, 2.24) is 10.2 Å². The quantitative estimate of drug-likeness (QED) is 0.817. The number of hydrogen-bond donors (Lipinski definition) is 1. The summed E-state index contributed by atoms with van der Waals surface area (Å²) in [5.74, 6) is 1.74. The van der Waals surface area contributed by atoms with Gasteiger partial charge in [0.1, 0.15) is 0 Å². The molecule has 2 rings (SSSR count). The number of aryl methyl sites for hydroxylation is 2. The Kier molecular flexibility index (Phi) is 6.64. The largest absolute Gasteiger partial charge is 0.356 e. The number of nitrogens with one attached hydrogen (secondary N) is 1. The van der Waals surface area contributed by atoms with Crippen molar-refractivity contribution in [3.05, 3.63) is 34.9 Å². The van der Waals surface area contributed by atoms with Crippen molar-refractivity contribution in [3.63, 3.8) is 0 Å². The Morgan fingerprint density at radius 3 is 2.61 bits per heavy atom. The van der Waals surface area contributed by atoms with E-state index in [4.69, 9.17) is 0 Å². The van der Waals surface area contributed by atoms with Crippen molar-refractivity contribution in [3.8, 4) is 0 Å². The number of carbonyl (C=O) groups is 1. The molecule has 0 aliphatic carbocycles. The molecule has 3 heteroatoms. The molecule has 23 heavy (non-hydrogen) atoms. The first-order valence-corrected chi connectivity index (χ1v) is 8.99. The average Bonchev–Trinajstić information content (AvgIpc) is 2.46. The van der Waals surface area contributed by atoms with Crippen molar-refractivity contribution >= 4 is 5.91 Å². The summed E-state index contributed by atoms with van der Waals surface area (Å²) in [5.41, 5.74) is 3.55. The molecule has 0 aromatic heterocycles. The maximum atomic E-state index is 12.1. The zero-order valence-corrected chi connectivity index (χ0v) is 15.2. The molecule has 1 aliphatic heterocycles. The SMILES string of the molecule is Cc1ccc(C)c(CC(=O)NCCCN2C[C@H](C)C[C@@H](C)C2)c1. The minimum Gasteiger partial charge on any atom is -0.356 e. The van der Waals surface area contributed by atoms with Crippen LogP contribution in [0.4, 0.5) is 0 Å². The van der Waals surface area contributed by atoms with Crippen LogP contribution in [0, 0.1) is 25.7 Å². The third kappa shape index (κ3) is 5.98. The van der Waals surface area contributed by atoms with Gasteiger partial charge >= 0.3 is 0 Å². The number of likely N-dealkylation sites (tertiary alicyclic amines) is 1. The molecule has 0 unspecified atom stereocenters. The molecule has 0 spiro atoms. The molecule has 128 valence electrons. The van der Waals surface area contributed by atoms with Crippen LogP contribution in [0.2, 0.25) is 0 Å². The molecule has 1 aromatic rings. The Balaban J connectivity index is 1.68. The summed E-state index contributed by atoms with van der Waals surface area (Å²) in [6.07, 6.45) is 2.88. The summed E-state index contributed by atoms with van der Waals surface area (Å²) in [6.45, 7) is 13.1. The second-order valence-corrected chi connectivity index (χ2v) is 7.52. The summed E-state index contributed by atoms with van der Waals surface area (Å²) in [7, 11) is 0. The summed E-state index contributed by atoms with van der Waals surface area (Å²) >= 11 is 0. The molecule has 0 radical (unpaired) electrons. The number of amides is 1. The van der Waals surface area contributed by atoms with Crippen LogP contribution in [0.1, 0.15) is 43.4 Å². The van der Waals surface area contributed by atoms with Crippen LogP contribution >= 0.6 is 0 Å². The summed E-state index contributed by atoms with van der Waals surface area (Å²) in [4.78, 5) is 14.7. The van der Waals surface area contributed by atoms with Gasteiger partial charge in [0.25, 0.3) is 0 Å². The minimum absolute atomic E-state index is 0.138. The molecule has 1 aromatic carbocycles. The van der Waals surface area contributed by atoms with E-state index in [9.17, 15) is 4.79 Å². The highest BCUT2D eigenvalue weighted by atomic mass is 16.1. The number of nitrogens with zero attached hydrogens (tertiary/aromatic N) is 1. The smallest absolute Gasteiger partial charge is 0.224 e. The van der Waals surface area contributed by atoms with Crippen LogP contribution in [0.25, 0.3) is 0 Å². The normalized spacial score (nSPS) is 22.1. The van der Waals surface area contributed by atoms with Gasteiger partial charge in [-0.15, -0.1) is 0 Å². The fourth-order valence-corrected chi connectivity index (χ4v) is 3.73. The molecule has 2 atom stereocenters.